The molecule has 2 fully saturated rings. The average Bonchev–Trinajstić information content (AvgIpc) is 2.94. The largest absolute Gasteiger partial charge is 0.336 e. The van der Waals surface area contributed by atoms with Gasteiger partial charge in [-0.2, -0.15) is 0 Å². The van der Waals surface area contributed by atoms with Gasteiger partial charge >= 0.3 is 12.4 Å². The summed E-state index contributed by atoms with van der Waals surface area (Å²) in [7, 11) is 1.60. The highest BCUT2D eigenvalue weighted by molar-refractivity contribution is 8.07. The van der Waals surface area contributed by atoms with Gasteiger partial charge in [-0.05, 0) is 51.3 Å². The predicted molar refractivity (Wildman–Crippen MR) is 122 cm³/mol. The summed E-state index contributed by atoms with van der Waals surface area (Å²) in [6, 6.07) is -0.772. The summed E-state index contributed by atoms with van der Waals surface area (Å²) in [6.07, 6.45) is -0.282. The van der Waals surface area contributed by atoms with E-state index in [4.69, 9.17) is 25.6 Å². The fraction of sp³-hybridized carbons (Fsp3) is 0.750. The molecule has 2 N–H and O–H groups in total. The van der Waals surface area contributed by atoms with Gasteiger partial charge < -0.3 is 19.1 Å². The van der Waals surface area contributed by atoms with Crippen LogP contribution in [0.4, 0.5) is 0 Å². The SMILES string of the molecule is Cc1cn([C@@H]2O[C@@]3(CC(C)(C)C)C(=O)N(C)C2[C@H]3OP(O)(=S)OC(C)(C)C)c(=O)[nH]c1=O. The Bertz CT molecular complexity index is 1090. The normalized spacial score (nSPS) is 30.1. The molecule has 3 rings (SSSR count). The first kappa shape index (κ1) is 25.3. The van der Waals surface area contributed by atoms with E-state index < -0.39 is 47.5 Å². The van der Waals surface area contributed by atoms with Crippen molar-refractivity contribution >= 4 is 24.4 Å². The summed E-state index contributed by atoms with van der Waals surface area (Å²) in [4.78, 5) is 52.4. The number of nitrogens with zero attached hydrogens (tertiary/aromatic N) is 2. The number of carbonyl (C=O) groups excluding carboxylic acids is 1. The number of H-pyrrole nitrogens is 1. The maximum absolute atomic E-state index is 13.4. The third kappa shape index (κ3) is 4.64. The number of morpholine rings is 1. The third-order valence-corrected chi connectivity index (χ3v) is 7.13. The molecule has 1 aromatic rings. The molecule has 10 nitrogen and oxygen atoms in total. The minimum atomic E-state index is -3.78. The van der Waals surface area contributed by atoms with E-state index in [0.717, 1.165) is 0 Å². The molecule has 0 aliphatic carbocycles. The average molecular weight is 490 g/mol. The predicted octanol–water partition coefficient (Wildman–Crippen LogP) is 1.81. The van der Waals surface area contributed by atoms with Crippen molar-refractivity contribution in [3.63, 3.8) is 0 Å². The number of aromatic amines is 1. The lowest BCUT2D eigenvalue weighted by Crippen LogP contribution is -2.52. The van der Waals surface area contributed by atoms with Crippen LogP contribution in [0.2, 0.25) is 0 Å². The van der Waals surface area contributed by atoms with E-state index in [0.29, 0.717) is 5.56 Å². The first-order chi connectivity index (χ1) is 14.4. The second-order valence-electron chi connectivity index (χ2n) is 10.7. The highest BCUT2D eigenvalue weighted by Gasteiger charge is 2.71. The summed E-state index contributed by atoms with van der Waals surface area (Å²) in [5.74, 6) is -0.321. The van der Waals surface area contributed by atoms with Crippen LogP contribution in [0.15, 0.2) is 15.8 Å². The molecule has 0 spiro atoms. The van der Waals surface area contributed by atoms with E-state index in [-0.39, 0.29) is 17.7 Å². The number of aryl methyl sites for hydroxylation is 1. The fourth-order valence-electron chi connectivity index (χ4n) is 4.44. The highest BCUT2D eigenvalue weighted by Crippen LogP contribution is 2.59. The molecular weight excluding hydrogens is 457 g/mol. The number of carbonyl (C=O) groups is 1. The number of likely N-dealkylation sites (N-methyl/N-ethyl adjacent to an activating group) is 1. The zero-order valence-corrected chi connectivity index (χ0v) is 21.4. The molecule has 0 aromatic carbocycles. The Hall–Kier alpha value is -1.36. The van der Waals surface area contributed by atoms with Gasteiger partial charge in [0.05, 0.1) is 5.60 Å². The number of fused-ring (bicyclic) bond motifs is 2. The van der Waals surface area contributed by atoms with Crippen molar-refractivity contribution in [1.29, 1.82) is 0 Å². The van der Waals surface area contributed by atoms with E-state index in [1.54, 1.807) is 34.7 Å². The molecule has 1 aromatic heterocycles. The lowest BCUT2D eigenvalue weighted by Gasteiger charge is -2.38. The van der Waals surface area contributed by atoms with E-state index >= 15 is 0 Å². The molecule has 32 heavy (non-hydrogen) atoms. The van der Waals surface area contributed by atoms with Gasteiger partial charge in [-0.3, -0.25) is 23.7 Å². The van der Waals surface area contributed by atoms with E-state index in [9.17, 15) is 19.3 Å². The Labute approximate surface area is 192 Å². The van der Waals surface area contributed by atoms with Crippen LogP contribution in [0.3, 0.4) is 0 Å². The summed E-state index contributed by atoms with van der Waals surface area (Å²) in [5.41, 5.74) is -3.48. The summed E-state index contributed by atoms with van der Waals surface area (Å²) >= 11 is 5.27. The topological polar surface area (TPSA) is 123 Å². The highest BCUT2D eigenvalue weighted by atomic mass is 32.5. The number of nitrogens with one attached hydrogen (secondary N) is 1. The van der Waals surface area contributed by atoms with E-state index in [2.05, 4.69) is 4.98 Å². The molecular formula is C20H32N3O7PS. The summed E-state index contributed by atoms with van der Waals surface area (Å²) in [6.45, 7) is 8.86. The van der Waals surface area contributed by atoms with Crippen molar-refractivity contribution in [3.8, 4) is 0 Å². The van der Waals surface area contributed by atoms with Crippen molar-refractivity contribution in [2.75, 3.05) is 7.05 Å². The number of likely N-dealkylation sites (tertiary alicyclic amines) is 1. The van der Waals surface area contributed by atoms with Crippen LogP contribution in [0, 0.1) is 12.3 Å². The standard InChI is InChI=1S/C20H32N3O7PS/c1-11-9-23(17(26)21-14(11)24)15-12-13(29-31(27,32)30-19(5,6)7)20(28-15,10-18(2,3)4)16(25)22(12)8/h9,12-13,15H,10H2,1-8H3,(H,27,32)(H,21,24,26)/t12?,13-,15-,20-,31?/m1/s1. The Morgan fingerprint density at radius 3 is 2.38 bits per heavy atom. The van der Waals surface area contributed by atoms with Crippen molar-refractivity contribution < 1.29 is 23.5 Å². The number of amides is 1. The molecule has 180 valence electrons. The maximum atomic E-state index is 13.4. The molecule has 1 amide bonds. The van der Waals surface area contributed by atoms with Crippen LogP contribution in [0.1, 0.15) is 59.8 Å². The quantitative estimate of drug-likeness (QED) is 0.601. The fourth-order valence-corrected chi connectivity index (χ4v) is 6.71. The lowest BCUT2D eigenvalue weighted by molar-refractivity contribution is -0.180. The molecule has 2 unspecified atom stereocenters. The van der Waals surface area contributed by atoms with Crippen molar-refractivity contribution in [2.45, 2.75) is 84.5 Å². The van der Waals surface area contributed by atoms with Crippen molar-refractivity contribution in [1.82, 2.24) is 14.5 Å². The lowest BCUT2D eigenvalue weighted by atomic mass is 9.80. The zero-order chi connectivity index (χ0) is 24.4. The number of ether oxygens (including phenoxy) is 1. The van der Waals surface area contributed by atoms with Gasteiger partial charge in [-0.15, -0.1) is 0 Å². The number of hydrogen-bond acceptors (Lipinski definition) is 7. The van der Waals surface area contributed by atoms with Crippen LogP contribution in [-0.2, 0) is 30.4 Å². The minimum Gasteiger partial charge on any atom is -0.336 e. The van der Waals surface area contributed by atoms with Gasteiger partial charge in [0.25, 0.3) is 11.5 Å². The summed E-state index contributed by atoms with van der Waals surface area (Å²) < 4.78 is 19.1. The second kappa shape index (κ2) is 7.85. The first-order valence-corrected chi connectivity index (χ1v) is 13.0. The molecule has 3 heterocycles. The van der Waals surface area contributed by atoms with E-state index in [1.165, 1.54) is 15.7 Å². The Kier molecular flexibility index (Phi) is 6.20. The summed E-state index contributed by atoms with van der Waals surface area (Å²) in [5, 5.41) is 0. The maximum Gasteiger partial charge on any atom is 0.330 e. The third-order valence-electron chi connectivity index (χ3n) is 5.37. The van der Waals surface area contributed by atoms with Crippen molar-refractivity contribution in [3.05, 3.63) is 32.6 Å². The second-order valence-corrected chi connectivity index (χ2v) is 13.4. The minimum absolute atomic E-state index is 0.253. The smallest absolute Gasteiger partial charge is 0.330 e. The molecule has 12 heteroatoms. The Morgan fingerprint density at radius 1 is 1.25 bits per heavy atom. The van der Waals surface area contributed by atoms with Crippen LogP contribution in [-0.4, -0.2) is 55.6 Å². The number of aromatic nitrogens is 2. The van der Waals surface area contributed by atoms with Crippen LogP contribution in [0.25, 0.3) is 0 Å². The molecule has 2 saturated heterocycles. The van der Waals surface area contributed by atoms with Gasteiger partial charge in [-0.25, -0.2) is 4.79 Å². The van der Waals surface area contributed by atoms with E-state index in [1.807, 2.05) is 20.8 Å². The molecule has 2 aliphatic rings. The van der Waals surface area contributed by atoms with Crippen molar-refractivity contribution in [2.24, 2.45) is 5.41 Å². The van der Waals surface area contributed by atoms with Gasteiger partial charge in [0, 0.05) is 18.8 Å². The zero-order valence-electron chi connectivity index (χ0n) is 19.7. The molecule has 2 bridgehead atoms. The van der Waals surface area contributed by atoms with Crippen LogP contribution in [0.5, 0.6) is 0 Å². The van der Waals surface area contributed by atoms with Gasteiger partial charge in [0.1, 0.15) is 12.1 Å². The van der Waals surface area contributed by atoms with Crippen LogP contribution < -0.4 is 11.2 Å². The Morgan fingerprint density at radius 2 is 1.84 bits per heavy atom. The number of hydrogen-bond donors (Lipinski definition) is 2. The Balaban J connectivity index is 2.13. The molecule has 0 radical (unpaired) electrons. The molecule has 2 aliphatic heterocycles. The van der Waals surface area contributed by atoms with Gasteiger partial charge in [0.15, 0.2) is 11.8 Å². The van der Waals surface area contributed by atoms with Gasteiger partial charge in [0.2, 0.25) is 0 Å². The molecule has 5 atom stereocenters. The molecule has 0 saturated carbocycles. The first-order valence-electron chi connectivity index (χ1n) is 10.4. The van der Waals surface area contributed by atoms with Gasteiger partial charge in [-0.1, -0.05) is 20.8 Å². The van der Waals surface area contributed by atoms with Crippen LogP contribution >= 0.6 is 6.72 Å². The number of rotatable bonds is 5. The monoisotopic (exact) mass is 489 g/mol.